The number of rotatable bonds is 2. The maximum absolute atomic E-state index is 10.3. The lowest BCUT2D eigenvalue weighted by Crippen LogP contribution is -2.14. The number of aromatic carboxylic acids is 2. The molecule has 0 amide bonds. The maximum Gasteiger partial charge on any atom is 0.374 e. The van der Waals surface area contributed by atoms with Crippen LogP contribution in [0.2, 0.25) is 0 Å². The molecule has 0 fully saturated rings. The fraction of sp³-hybridized carbons (Fsp3) is 0. The van der Waals surface area contributed by atoms with Crippen molar-refractivity contribution < 1.29 is 19.8 Å². The largest absolute Gasteiger partial charge is 0.475 e. The van der Waals surface area contributed by atoms with Crippen molar-refractivity contribution in [2.45, 2.75) is 0 Å². The van der Waals surface area contributed by atoms with Crippen LogP contribution in [0.15, 0.2) is 0 Å². The zero-order valence-electron chi connectivity index (χ0n) is 6.13. The van der Waals surface area contributed by atoms with Gasteiger partial charge in [-0.25, -0.2) is 9.59 Å². The summed E-state index contributed by atoms with van der Waals surface area (Å²) < 4.78 is 0. The summed E-state index contributed by atoms with van der Waals surface area (Å²) in [5.74, 6) is -4.74. The smallest absolute Gasteiger partial charge is 0.374 e. The van der Waals surface area contributed by atoms with Gasteiger partial charge in [0.05, 0.1) is 0 Å². The topological polar surface area (TPSA) is 139 Å². The molecule has 0 aromatic carbocycles. The van der Waals surface area contributed by atoms with Crippen molar-refractivity contribution in [1.29, 1.82) is 0 Å². The number of hydrogen-bond donors (Lipinski definition) is 3. The Labute approximate surface area is 71.1 Å². The van der Waals surface area contributed by atoms with E-state index in [-0.39, 0.29) is 0 Å². The Morgan fingerprint density at radius 1 is 1.00 bits per heavy atom. The van der Waals surface area contributed by atoms with Gasteiger partial charge in [0.2, 0.25) is 17.6 Å². The molecule has 4 N–H and O–H groups in total. The van der Waals surface area contributed by atoms with Crippen molar-refractivity contribution in [2.75, 3.05) is 5.73 Å². The Kier molecular flexibility index (Phi) is 2.05. The van der Waals surface area contributed by atoms with Crippen LogP contribution in [-0.4, -0.2) is 37.1 Å². The molecule has 0 bridgehead atoms. The molecule has 0 atom stereocenters. The number of anilines is 1. The molecule has 0 saturated heterocycles. The molecule has 0 spiro atoms. The summed E-state index contributed by atoms with van der Waals surface area (Å²) in [5, 5.41) is 16.8. The van der Waals surface area contributed by atoms with Crippen LogP contribution in [0.4, 0.5) is 5.95 Å². The highest BCUT2D eigenvalue weighted by atomic mass is 16.4. The minimum atomic E-state index is -1.46. The number of carboxylic acids is 2. The summed E-state index contributed by atoms with van der Waals surface area (Å²) in [6, 6.07) is 0. The molecular weight excluding hydrogens is 180 g/mol. The van der Waals surface area contributed by atoms with E-state index >= 15 is 0 Å². The van der Waals surface area contributed by atoms with Gasteiger partial charge in [-0.2, -0.15) is 15.0 Å². The van der Waals surface area contributed by atoms with Crippen LogP contribution in [-0.2, 0) is 0 Å². The minimum Gasteiger partial charge on any atom is -0.475 e. The lowest BCUT2D eigenvalue weighted by Gasteiger charge is -1.96. The Morgan fingerprint density at radius 2 is 1.38 bits per heavy atom. The molecule has 0 aliphatic rings. The predicted octanol–water partition coefficient (Wildman–Crippen LogP) is -1.15. The van der Waals surface area contributed by atoms with Gasteiger partial charge in [-0.1, -0.05) is 0 Å². The molecule has 8 heteroatoms. The van der Waals surface area contributed by atoms with Crippen molar-refractivity contribution >= 4 is 17.9 Å². The van der Waals surface area contributed by atoms with Crippen LogP contribution in [0.25, 0.3) is 0 Å². The average Bonchev–Trinajstić information content (AvgIpc) is 2.03. The highest BCUT2D eigenvalue weighted by molar-refractivity contribution is 5.87. The van der Waals surface area contributed by atoms with Crippen molar-refractivity contribution in [3.63, 3.8) is 0 Å². The van der Waals surface area contributed by atoms with E-state index in [1.54, 1.807) is 0 Å². The number of nitrogens with zero attached hydrogens (tertiary/aromatic N) is 3. The number of carboxylic acid groups (broad SMARTS) is 2. The Bertz CT molecular complexity index is 345. The second kappa shape index (κ2) is 3.01. The zero-order valence-corrected chi connectivity index (χ0v) is 6.13. The Balaban J connectivity index is 3.26. The Hall–Kier alpha value is -2.25. The first-order chi connectivity index (χ1) is 6.00. The van der Waals surface area contributed by atoms with Gasteiger partial charge in [0.25, 0.3) is 0 Å². The molecule has 68 valence electrons. The molecule has 0 radical (unpaired) electrons. The van der Waals surface area contributed by atoms with Crippen molar-refractivity contribution in [3.8, 4) is 0 Å². The van der Waals surface area contributed by atoms with Gasteiger partial charge >= 0.3 is 11.9 Å². The SMILES string of the molecule is Nc1nc(C(=O)O)nc(C(=O)O)n1. The summed E-state index contributed by atoms with van der Waals surface area (Å²) in [6.45, 7) is 0. The summed E-state index contributed by atoms with van der Waals surface area (Å²) >= 11 is 0. The molecule has 0 unspecified atom stereocenters. The van der Waals surface area contributed by atoms with E-state index in [1.165, 1.54) is 0 Å². The molecule has 0 aliphatic heterocycles. The van der Waals surface area contributed by atoms with Crippen molar-refractivity contribution in [1.82, 2.24) is 15.0 Å². The van der Waals surface area contributed by atoms with E-state index in [0.717, 1.165) is 0 Å². The molecule has 1 heterocycles. The molecule has 8 nitrogen and oxygen atoms in total. The van der Waals surface area contributed by atoms with Gasteiger partial charge in [-0.3, -0.25) is 0 Å². The quantitative estimate of drug-likeness (QED) is 0.523. The summed E-state index contributed by atoms with van der Waals surface area (Å²) in [7, 11) is 0. The van der Waals surface area contributed by atoms with Gasteiger partial charge in [-0.05, 0) is 0 Å². The van der Waals surface area contributed by atoms with Crippen molar-refractivity contribution in [3.05, 3.63) is 11.6 Å². The van der Waals surface area contributed by atoms with E-state index in [9.17, 15) is 9.59 Å². The third kappa shape index (κ3) is 1.86. The minimum absolute atomic E-state index is 0.440. The highest BCUT2D eigenvalue weighted by Crippen LogP contribution is 1.97. The van der Waals surface area contributed by atoms with Crippen molar-refractivity contribution in [2.24, 2.45) is 0 Å². The van der Waals surface area contributed by atoms with Crippen LogP contribution in [0.1, 0.15) is 21.2 Å². The van der Waals surface area contributed by atoms with Crippen LogP contribution < -0.4 is 5.73 Å². The van der Waals surface area contributed by atoms with E-state index < -0.39 is 29.5 Å². The maximum atomic E-state index is 10.3. The highest BCUT2D eigenvalue weighted by Gasteiger charge is 2.14. The first-order valence-corrected chi connectivity index (χ1v) is 2.99. The molecule has 1 aromatic rings. The molecule has 1 rings (SSSR count). The van der Waals surface area contributed by atoms with Gasteiger partial charge in [0, 0.05) is 0 Å². The third-order valence-corrected chi connectivity index (χ3v) is 1.04. The van der Waals surface area contributed by atoms with E-state index in [0.29, 0.717) is 0 Å². The number of aromatic nitrogens is 3. The molecular formula is C5H4N4O4. The zero-order chi connectivity index (χ0) is 10.0. The summed E-state index contributed by atoms with van der Waals surface area (Å²) in [4.78, 5) is 30.2. The van der Waals surface area contributed by atoms with Crippen LogP contribution in [0.5, 0.6) is 0 Å². The summed E-state index contributed by atoms with van der Waals surface area (Å²) in [6.07, 6.45) is 0. The van der Waals surface area contributed by atoms with Gasteiger partial charge in [-0.15, -0.1) is 0 Å². The number of nitrogens with two attached hydrogens (primary N) is 1. The molecule has 1 aromatic heterocycles. The second-order valence-corrected chi connectivity index (χ2v) is 1.95. The lowest BCUT2D eigenvalue weighted by atomic mass is 10.5. The standard InChI is InChI=1S/C5H4N4O4/c6-5-8-1(3(10)11)7-2(9-5)4(12)13/h(H,10,11)(H,12,13)(H2,6,7,8,9). The molecule has 0 saturated carbocycles. The molecule has 13 heavy (non-hydrogen) atoms. The summed E-state index contributed by atoms with van der Waals surface area (Å²) in [5.41, 5.74) is 5.05. The number of hydrogen-bond acceptors (Lipinski definition) is 6. The van der Waals surface area contributed by atoms with Gasteiger partial charge in [0.1, 0.15) is 0 Å². The van der Waals surface area contributed by atoms with Crippen LogP contribution in [0.3, 0.4) is 0 Å². The van der Waals surface area contributed by atoms with E-state index in [1.807, 2.05) is 0 Å². The van der Waals surface area contributed by atoms with E-state index in [4.69, 9.17) is 15.9 Å². The molecule has 0 aliphatic carbocycles. The van der Waals surface area contributed by atoms with Gasteiger partial charge in [0.15, 0.2) is 0 Å². The first kappa shape index (κ1) is 8.84. The normalized spacial score (nSPS) is 9.54. The lowest BCUT2D eigenvalue weighted by molar-refractivity contribution is 0.0675. The average molecular weight is 184 g/mol. The van der Waals surface area contributed by atoms with Gasteiger partial charge < -0.3 is 15.9 Å². The predicted molar refractivity (Wildman–Crippen MR) is 38.2 cm³/mol. The monoisotopic (exact) mass is 184 g/mol. The fourth-order valence-electron chi connectivity index (χ4n) is 0.584. The number of nitrogen functional groups attached to an aromatic ring is 1. The van der Waals surface area contributed by atoms with Crippen LogP contribution >= 0.6 is 0 Å². The van der Waals surface area contributed by atoms with E-state index in [2.05, 4.69) is 15.0 Å². The van der Waals surface area contributed by atoms with Crippen LogP contribution in [0, 0.1) is 0 Å². The fourth-order valence-corrected chi connectivity index (χ4v) is 0.584. The second-order valence-electron chi connectivity index (χ2n) is 1.95. The first-order valence-electron chi connectivity index (χ1n) is 2.99. The third-order valence-electron chi connectivity index (χ3n) is 1.04. The Morgan fingerprint density at radius 3 is 1.69 bits per heavy atom. The number of carbonyl (C=O) groups is 2.